The zero-order valence-electron chi connectivity index (χ0n) is 19.3. The van der Waals surface area contributed by atoms with Crippen LogP contribution in [0, 0.1) is 23.1 Å². The Kier molecular flexibility index (Phi) is 8.66. The van der Waals surface area contributed by atoms with Gasteiger partial charge >= 0.3 is 7.12 Å². The number of carbonyl (C=O) groups excluding carboxylic acids is 2. The number of Topliss-reactive ketones (excluding diaryl/α,β-unsaturated/α-hetero) is 1. The van der Waals surface area contributed by atoms with Crippen LogP contribution in [-0.2, 0) is 9.59 Å². The molecule has 0 aliphatic carbocycles. The monoisotopic (exact) mass is 434 g/mol. The third-order valence-corrected chi connectivity index (χ3v) is 5.64. The van der Waals surface area contributed by atoms with E-state index in [1.807, 2.05) is 39.5 Å². The number of amides is 1. The van der Waals surface area contributed by atoms with Crippen LogP contribution in [0.2, 0.25) is 0 Å². The Hall–Kier alpha value is -1.93. The van der Waals surface area contributed by atoms with Gasteiger partial charge in [0.2, 0.25) is 5.91 Å². The largest absolute Gasteiger partial charge is 0.475 e. The van der Waals surface area contributed by atoms with Gasteiger partial charge in [-0.05, 0) is 54.9 Å². The fraction of sp³-hybridized carbons (Fsp3) is 0.652. The highest BCUT2D eigenvalue weighted by atomic mass is 19.1. The van der Waals surface area contributed by atoms with Crippen LogP contribution in [-0.4, -0.2) is 47.4 Å². The van der Waals surface area contributed by atoms with E-state index < -0.39 is 19.0 Å². The molecule has 1 aromatic rings. The van der Waals surface area contributed by atoms with E-state index in [2.05, 4.69) is 5.32 Å². The third kappa shape index (κ3) is 7.61. The summed E-state index contributed by atoms with van der Waals surface area (Å²) in [7, 11) is -1.65. The summed E-state index contributed by atoms with van der Waals surface area (Å²) in [5.41, 5.74) is 0.618. The molecule has 6 nitrogen and oxygen atoms in total. The lowest BCUT2D eigenvalue weighted by atomic mass is 9.74. The average Bonchev–Trinajstić information content (AvgIpc) is 2.59. The first kappa shape index (κ1) is 25.3. The van der Waals surface area contributed by atoms with Gasteiger partial charge in [-0.1, -0.05) is 34.6 Å². The van der Waals surface area contributed by atoms with Crippen molar-refractivity contribution in [2.24, 2.45) is 17.3 Å². The van der Waals surface area contributed by atoms with Gasteiger partial charge in [-0.3, -0.25) is 9.59 Å². The van der Waals surface area contributed by atoms with Crippen molar-refractivity contribution in [3.05, 3.63) is 30.1 Å². The molecular weight excluding hydrogens is 398 g/mol. The second-order valence-corrected chi connectivity index (χ2v) is 10.3. The van der Waals surface area contributed by atoms with Crippen LogP contribution in [0.15, 0.2) is 24.3 Å². The summed E-state index contributed by atoms with van der Waals surface area (Å²) in [6, 6.07) is 5.75. The molecule has 0 bridgehead atoms. The predicted octanol–water partition coefficient (Wildman–Crippen LogP) is 2.96. The van der Waals surface area contributed by atoms with Crippen molar-refractivity contribution in [1.82, 2.24) is 5.32 Å². The van der Waals surface area contributed by atoms with E-state index in [0.29, 0.717) is 25.8 Å². The zero-order valence-corrected chi connectivity index (χ0v) is 19.3. The van der Waals surface area contributed by atoms with Gasteiger partial charge < -0.3 is 20.3 Å². The smallest absolute Gasteiger partial charge is 0.426 e. The number of halogens is 1. The standard InChI is InChI=1S/C23H36BFN2O4/c1-15(2)12-21(24(30)31)26-22(29)16(14-23(3,4)5)13-20(28)19-10-11-27(19)18-8-6-17(25)7-9-18/h6-9,15-16,19,21,30-31H,10-14H2,1-5H3,(H,26,29). The third-order valence-electron chi connectivity index (χ3n) is 5.64. The molecule has 0 radical (unpaired) electrons. The highest BCUT2D eigenvalue weighted by Gasteiger charge is 2.38. The van der Waals surface area contributed by atoms with E-state index >= 15 is 0 Å². The van der Waals surface area contributed by atoms with E-state index in [-0.39, 0.29) is 41.3 Å². The molecule has 31 heavy (non-hydrogen) atoms. The molecule has 1 aliphatic heterocycles. The lowest BCUT2D eigenvalue weighted by Crippen LogP contribution is -2.54. The number of ketones is 1. The molecule has 1 fully saturated rings. The molecule has 172 valence electrons. The number of hydrogen-bond donors (Lipinski definition) is 3. The maximum Gasteiger partial charge on any atom is 0.475 e. The molecule has 2 rings (SSSR count). The fourth-order valence-electron chi connectivity index (χ4n) is 4.10. The molecule has 3 unspecified atom stereocenters. The summed E-state index contributed by atoms with van der Waals surface area (Å²) in [4.78, 5) is 28.0. The van der Waals surface area contributed by atoms with Crippen molar-refractivity contribution in [3.63, 3.8) is 0 Å². The molecule has 3 N–H and O–H groups in total. The molecule has 3 atom stereocenters. The van der Waals surface area contributed by atoms with Crippen LogP contribution < -0.4 is 10.2 Å². The van der Waals surface area contributed by atoms with Crippen LogP contribution in [0.5, 0.6) is 0 Å². The predicted molar refractivity (Wildman–Crippen MR) is 121 cm³/mol. The van der Waals surface area contributed by atoms with Gasteiger partial charge in [-0.2, -0.15) is 0 Å². The maximum atomic E-state index is 13.2. The number of nitrogens with zero attached hydrogens (tertiary/aromatic N) is 1. The molecule has 0 saturated carbocycles. The number of carbonyl (C=O) groups is 2. The fourth-order valence-corrected chi connectivity index (χ4v) is 4.10. The van der Waals surface area contributed by atoms with Gasteiger partial charge in [0.25, 0.3) is 0 Å². The van der Waals surface area contributed by atoms with E-state index in [9.17, 15) is 24.0 Å². The quantitative estimate of drug-likeness (QED) is 0.493. The lowest BCUT2D eigenvalue weighted by molar-refractivity contribution is -0.131. The Morgan fingerprint density at radius 3 is 2.29 bits per heavy atom. The first-order valence-corrected chi connectivity index (χ1v) is 11.1. The van der Waals surface area contributed by atoms with Gasteiger partial charge in [0.05, 0.1) is 12.0 Å². The number of nitrogens with one attached hydrogen (secondary N) is 1. The first-order chi connectivity index (χ1) is 14.4. The van der Waals surface area contributed by atoms with Crippen molar-refractivity contribution in [3.8, 4) is 0 Å². The Bertz CT molecular complexity index is 749. The summed E-state index contributed by atoms with van der Waals surface area (Å²) in [6.07, 6.45) is 1.72. The molecule has 0 spiro atoms. The van der Waals surface area contributed by atoms with E-state index in [4.69, 9.17) is 0 Å². The van der Waals surface area contributed by atoms with Crippen molar-refractivity contribution < 1.29 is 24.0 Å². The van der Waals surface area contributed by atoms with E-state index in [0.717, 1.165) is 5.69 Å². The molecule has 8 heteroatoms. The molecule has 1 aliphatic rings. The van der Waals surface area contributed by atoms with Crippen molar-refractivity contribution in [2.75, 3.05) is 11.4 Å². The Morgan fingerprint density at radius 1 is 1.23 bits per heavy atom. The highest BCUT2D eigenvalue weighted by Crippen LogP contribution is 2.32. The Labute approximate surface area is 185 Å². The summed E-state index contributed by atoms with van der Waals surface area (Å²) in [5.74, 6) is -1.83. The van der Waals surface area contributed by atoms with E-state index in [1.54, 1.807) is 12.1 Å². The highest BCUT2D eigenvalue weighted by molar-refractivity contribution is 6.43. The second kappa shape index (κ2) is 10.6. The van der Waals surface area contributed by atoms with Gasteiger partial charge in [-0.15, -0.1) is 0 Å². The Morgan fingerprint density at radius 2 is 1.84 bits per heavy atom. The number of benzene rings is 1. The van der Waals surface area contributed by atoms with Gasteiger partial charge in [0.1, 0.15) is 5.82 Å². The number of rotatable bonds is 10. The van der Waals surface area contributed by atoms with E-state index in [1.165, 1.54) is 12.1 Å². The summed E-state index contributed by atoms with van der Waals surface area (Å²) >= 11 is 0. The van der Waals surface area contributed by atoms with Gasteiger partial charge in [0.15, 0.2) is 5.78 Å². The molecule has 1 heterocycles. The molecule has 1 amide bonds. The first-order valence-electron chi connectivity index (χ1n) is 11.1. The zero-order chi connectivity index (χ0) is 23.3. The van der Waals surface area contributed by atoms with Crippen LogP contribution in [0.1, 0.15) is 60.3 Å². The molecular formula is C23H36BFN2O4. The topological polar surface area (TPSA) is 89.9 Å². The second-order valence-electron chi connectivity index (χ2n) is 10.3. The summed E-state index contributed by atoms with van der Waals surface area (Å²) in [6.45, 7) is 10.6. The summed E-state index contributed by atoms with van der Waals surface area (Å²) < 4.78 is 13.2. The minimum absolute atomic E-state index is 0.0232. The molecule has 1 aromatic carbocycles. The average molecular weight is 434 g/mol. The van der Waals surface area contributed by atoms with Crippen LogP contribution in [0.25, 0.3) is 0 Å². The van der Waals surface area contributed by atoms with Crippen LogP contribution >= 0.6 is 0 Å². The van der Waals surface area contributed by atoms with Crippen molar-refractivity contribution >= 4 is 24.5 Å². The van der Waals surface area contributed by atoms with Gasteiger partial charge in [-0.25, -0.2) is 4.39 Å². The normalized spacial score (nSPS) is 18.4. The minimum atomic E-state index is -1.65. The lowest BCUT2D eigenvalue weighted by Gasteiger charge is -2.42. The molecule has 1 saturated heterocycles. The molecule has 0 aromatic heterocycles. The minimum Gasteiger partial charge on any atom is -0.426 e. The SMILES string of the molecule is CC(C)CC(NC(=O)C(CC(=O)C1CCN1c1ccc(F)cc1)CC(C)(C)C)B(O)O. The summed E-state index contributed by atoms with van der Waals surface area (Å²) in [5, 5.41) is 22.1. The van der Waals surface area contributed by atoms with Crippen molar-refractivity contribution in [1.29, 1.82) is 0 Å². The van der Waals surface area contributed by atoms with Crippen LogP contribution in [0.4, 0.5) is 10.1 Å². The maximum absolute atomic E-state index is 13.2. The van der Waals surface area contributed by atoms with Gasteiger partial charge in [0, 0.05) is 24.6 Å². The van der Waals surface area contributed by atoms with Crippen LogP contribution in [0.3, 0.4) is 0 Å². The number of hydrogen-bond acceptors (Lipinski definition) is 5. The van der Waals surface area contributed by atoms with Crippen molar-refractivity contribution in [2.45, 2.75) is 72.3 Å². The Balaban J connectivity index is 2.09. The number of anilines is 1.